The standard InChI is InChI=1S/C12H16BrNO4/c1-6-9(17-2)5-7(4-8(14)12(15)16)11(18-3)10(6)13/h5,8H,4,14H2,1-3H3,(H,15,16). The highest BCUT2D eigenvalue weighted by molar-refractivity contribution is 9.10. The summed E-state index contributed by atoms with van der Waals surface area (Å²) in [6.45, 7) is 1.88. The number of nitrogens with two attached hydrogens (primary N) is 1. The molecule has 100 valence electrons. The summed E-state index contributed by atoms with van der Waals surface area (Å²) < 4.78 is 11.3. The molecule has 0 saturated carbocycles. The third kappa shape index (κ3) is 2.94. The van der Waals surface area contributed by atoms with Gasteiger partial charge in [-0.15, -0.1) is 0 Å². The van der Waals surface area contributed by atoms with Gasteiger partial charge in [-0.05, 0) is 28.9 Å². The van der Waals surface area contributed by atoms with E-state index in [9.17, 15) is 4.79 Å². The van der Waals surface area contributed by atoms with Gasteiger partial charge in [-0.25, -0.2) is 0 Å². The number of hydrogen-bond acceptors (Lipinski definition) is 4. The van der Waals surface area contributed by atoms with Crippen molar-refractivity contribution in [3.8, 4) is 11.5 Å². The normalized spacial score (nSPS) is 12.1. The summed E-state index contributed by atoms with van der Waals surface area (Å²) in [6, 6.07) is 0.778. The Labute approximate surface area is 114 Å². The van der Waals surface area contributed by atoms with Crippen molar-refractivity contribution in [2.45, 2.75) is 19.4 Å². The van der Waals surface area contributed by atoms with Gasteiger partial charge in [-0.2, -0.15) is 0 Å². The van der Waals surface area contributed by atoms with Gasteiger partial charge in [0.15, 0.2) is 0 Å². The van der Waals surface area contributed by atoms with Gasteiger partial charge in [-0.3, -0.25) is 4.79 Å². The van der Waals surface area contributed by atoms with Crippen molar-refractivity contribution < 1.29 is 19.4 Å². The molecule has 6 heteroatoms. The van der Waals surface area contributed by atoms with E-state index in [1.807, 2.05) is 6.92 Å². The Morgan fingerprint density at radius 1 is 1.50 bits per heavy atom. The van der Waals surface area contributed by atoms with Gasteiger partial charge in [-0.1, -0.05) is 0 Å². The third-order valence-electron chi connectivity index (χ3n) is 2.68. The fourth-order valence-corrected chi connectivity index (χ4v) is 2.27. The van der Waals surface area contributed by atoms with E-state index in [0.717, 1.165) is 10.0 Å². The molecule has 1 rings (SSSR count). The van der Waals surface area contributed by atoms with Crippen LogP contribution in [0, 0.1) is 6.92 Å². The van der Waals surface area contributed by atoms with Crippen molar-refractivity contribution in [2.24, 2.45) is 5.73 Å². The molecule has 0 spiro atoms. The summed E-state index contributed by atoms with van der Waals surface area (Å²) in [7, 11) is 3.09. The fraction of sp³-hybridized carbons (Fsp3) is 0.417. The van der Waals surface area contributed by atoms with Crippen molar-refractivity contribution in [3.63, 3.8) is 0 Å². The monoisotopic (exact) mass is 317 g/mol. The van der Waals surface area contributed by atoms with E-state index >= 15 is 0 Å². The van der Waals surface area contributed by atoms with Crippen LogP contribution in [-0.2, 0) is 11.2 Å². The van der Waals surface area contributed by atoms with Gasteiger partial charge in [0.25, 0.3) is 0 Å². The molecule has 0 aliphatic carbocycles. The number of halogens is 1. The zero-order valence-corrected chi connectivity index (χ0v) is 12.1. The molecule has 0 radical (unpaired) electrons. The number of carbonyl (C=O) groups is 1. The first kappa shape index (κ1) is 14.8. The lowest BCUT2D eigenvalue weighted by atomic mass is 10.0. The highest BCUT2D eigenvalue weighted by Gasteiger charge is 2.19. The molecular formula is C12H16BrNO4. The van der Waals surface area contributed by atoms with Crippen LogP contribution in [0.4, 0.5) is 0 Å². The van der Waals surface area contributed by atoms with Crippen molar-refractivity contribution >= 4 is 21.9 Å². The SMILES string of the molecule is COc1cc(CC(N)C(=O)O)c(OC)c(Br)c1C. The second-order valence-electron chi connectivity index (χ2n) is 3.86. The number of methoxy groups -OCH3 is 2. The minimum absolute atomic E-state index is 0.174. The summed E-state index contributed by atoms with van der Waals surface area (Å²) in [4.78, 5) is 10.8. The first-order valence-corrected chi connectivity index (χ1v) is 6.10. The van der Waals surface area contributed by atoms with Gasteiger partial charge in [0.1, 0.15) is 17.5 Å². The molecule has 0 fully saturated rings. The lowest BCUT2D eigenvalue weighted by Gasteiger charge is -2.17. The average molecular weight is 318 g/mol. The molecule has 0 aliphatic heterocycles. The summed E-state index contributed by atoms with van der Waals surface area (Å²) in [5, 5.41) is 8.85. The molecule has 1 atom stereocenters. The van der Waals surface area contributed by atoms with Gasteiger partial charge < -0.3 is 20.3 Å². The van der Waals surface area contributed by atoms with E-state index in [0.29, 0.717) is 17.1 Å². The van der Waals surface area contributed by atoms with E-state index in [4.69, 9.17) is 20.3 Å². The number of aliphatic carboxylic acids is 1. The van der Waals surface area contributed by atoms with E-state index in [1.165, 1.54) is 7.11 Å². The zero-order chi connectivity index (χ0) is 13.9. The Hall–Kier alpha value is -1.27. The molecule has 5 nitrogen and oxygen atoms in total. The van der Waals surface area contributed by atoms with Crippen molar-refractivity contribution in [2.75, 3.05) is 14.2 Å². The lowest BCUT2D eigenvalue weighted by molar-refractivity contribution is -0.138. The molecule has 0 saturated heterocycles. The zero-order valence-electron chi connectivity index (χ0n) is 10.5. The van der Waals surface area contributed by atoms with Crippen LogP contribution in [0.5, 0.6) is 11.5 Å². The van der Waals surface area contributed by atoms with Crippen LogP contribution in [0.2, 0.25) is 0 Å². The molecule has 1 aromatic rings. The molecule has 0 bridgehead atoms. The highest BCUT2D eigenvalue weighted by atomic mass is 79.9. The molecule has 0 amide bonds. The largest absolute Gasteiger partial charge is 0.496 e. The number of ether oxygens (including phenoxy) is 2. The Balaban J connectivity index is 3.25. The predicted octanol–water partition coefficient (Wildman–Crippen LogP) is 1.73. The Bertz CT molecular complexity index is 462. The van der Waals surface area contributed by atoms with Crippen LogP contribution in [0.25, 0.3) is 0 Å². The van der Waals surface area contributed by atoms with Crippen LogP contribution < -0.4 is 15.2 Å². The van der Waals surface area contributed by atoms with Crippen LogP contribution in [-0.4, -0.2) is 31.3 Å². The fourth-order valence-electron chi connectivity index (χ4n) is 1.66. The van der Waals surface area contributed by atoms with Gasteiger partial charge in [0.2, 0.25) is 0 Å². The van der Waals surface area contributed by atoms with Gasteiger partial charge in [0.05, 0.1) is 18.7 Å². The number of hydrogen-bond donors (Lipinski definition) is 2. The highest BCUT2D eigenvalue weighted by Crippen LogP contribution is 2.38. The third-order valence-corrected chi connectivity index (χ3v) is 3.63. The topological polar surface area (TPSA) is 81.8 Å². The maximum absolute atomic E-state index is 10.8. The lowest BCUT2D eigenvalue weighted by Crippen LogP contribution is -2.32. The molecule has 0 aliphatic rings. The van der Waals surface area contributed by atoms with Crippen LogP contribution in [0.15, 0.2) is 10.5 Å². The summed E-state index contributed by atoms with van der Waals surface area (Å²) in [6.07, 6.45) is 0.174. The Morgan fingerprint density at radius 3 is 2.56 bits per heavy atom. The summed E-state index contributed by atoms with van der Waals surface area (Å²) >= 11 is 3.42. The van der Waals surface area contributed by atoms with Crippen molar-refractivity contribution in [3.05, 3.63) is 21.7 Å². The number of carboxylic acid groups (broad SMARTS) is 1. The summed E-state index contributed by atoms with van der Waals surface area (Å²) in [5.41, 5.74) is 7.13. The molecular weight excluding hydrogens is 302 g/mol. The van der Waals surface area contributed by atoms with Crippen LogP contribution in [0.3, 0.4) is 0 Å². The van der Waals surface area contributed by atoms with E-state index in [2.05, 4.69) is 15.9 Å². The van der Waals surface area contributed by atoms with E-state index in [1.54, 1.807) is 13.2 Å². The average Bonchev–Trinajstić information content (AvgIpc) is 2.33. The second kappa shape index (κ2) is 6.06. The molecule has 0 aromatic heterocycles. The van der Waals surface area contributed by atoms with Crippen molar-refractivity contribution in [1.29, 1.82) is 0 Å². The molecule has 1 aromatic carbocycles. The maximum Gasteiger partial charge on any atom is 0.320 e. The Kier molecular flexibility index (Phi) is 4.98. The predicted molar refractivity (Wildman–Crippen MR) is 71.3 cm³/mol. The van der Waals surface area contributed by atoms with Gasteiger partial charge >= 0.3 is 5.97 Å². The van der Waals surface area contributed by atoms with Crippen molar-refractivity contribution in [1.82, 2.24) is 0 Å². The first-order valence-electron chi connectivity index (χ1n) is 5.30. The van der Waals surface area contributed by atoms with Crippen LogP contribution >= 0.6 is 15.9 Å². The first-order chi connectivity index (χ1) is 8.42. The number of rotatable bonds is 5. The second-order valence-corrected chi connectivity index (χ2v) is 4.65. The smallest absolute Gasteiger partial charge is 0.320 e. The number of benzene rings is 1. The quantitative estimate of drug-likeness (QED) is 0.864. The Morgan fingerprint density at radius 2 is 2.11 bits per heavy atom. The minimum atomic E-state index is -1.05. The maximum atomic E-state index is 10.8. The minimum Gasteiger partial charge on any atom is -0.496 e. The van der Waals surface area contributed by atoms with E-state index in [-0.39, 0.29) is 6.42 Å². The summed E-state index contributed by atoms with van der Waals surface area (Å²) in [5.74, 6) is 0.202. The molecule has 3 N–H and O–H groups in total. The molecule has 0 heterocycles. The van der Waals surface area contributed by atoms with Gasteiger partial charge in [0, 0.05) is 17.5 Å². The molecule has 18 heavy (non-hydrogen) atoms. The molecule has 1 unspecified atom stereocenters. The van der Waals surface area contributed by atoms with E-state index < -0.39 is 12.0 Å². The number of carboxylic acids is 1. The van der Waals surface area contributed by atoms with Crippen LogP contribution in [0.1, 0.15) is 11.1 Å².